The van der Waals surface area contributed by atoms with Crippen LogP contribution in [0.15, 0.2) is 18.3 Å². The quantitative estimate of drug-likeness (QED) is 0.699. The average molecular weight is 192 g/mol. The van der Waals surface area contributed by atoms with Crippen molar-refractivity contribution in [2.24, 2.45) is 0 Å². The molecule has 0 fully saturated rings. The van der Waals surface area contributed by atoms with Crippen LogP contribution in [-0.2, 0) is 0 Å². The smallest absolute Gasteiger partial charge is 0.125 e. The van der Waals surface area contributed by atoms with Gasteiger partial charge in [-0.25, -0.2) is 4.98 Å². The number of aromatic nitrogens is 1. The molecule has 1 aromatic heterocycles. The van der Waals surface area contributed by atoms with Gasteiger partial charge in [-0.05, 0) is 25.0 Å². The molecule has 0 amide bonds. The molecule has 1 aromatic rings. The summed E-state index contributed by atoms with van der Waals surface area (Å²) in [5, 5.41) is 3.32. The van der Waals surface area contributed by atoms with E-state index in [0.717, 1.165) is 12.4 Å². The van der Waals surface area contributed by atoms with Crippen LogP contribution in [0.5, 0.6) is 0 Å². The maximum absolute atomic E-state index is 4.28. The summed E-state index contributed by atoms with van der Waals surface area (Å²) in [7, 11) is 0. The molecule has 0 aliphatic carbocycles. The van der Waals surface area contributed by atoms with Gasteiger partial charge in [0.05, 0.1) is 0 Å². The van der Waals surface area contributed by atoms with Crippen LogP contribution in [0.3, 0.4) is 0 Å². The number of anilines is 1. The highest BCUT2D eigenvalue weighted by Crippen LogP contribution is 2.05. The molecule has 2 heteroatoms. The molecule has 0 radical (unpaired) electrons. The molecule has 0 aromatic carbocycles. The number of pyridine rings is 1. The molecule has 0 spiro atoms. The Hall–Kier alpha value is -1.05. The van der Waals surface area contributed by atoms with Crippen molar-refractivity contribution >= 4 is 5.82 Å². The molecule has 0 saturated carbocycles. The van der Waals surface area contributed by atoms with Gasteiger partial charge in [-0.1, -0.05) is 32.3 Å². The van der Waals surface area contributed by atoms with Crippen molar-refractivity contribution in [2.45, 2.75) is 39.5 Å². The van der Waals surface area contributed by atoms with Crippen LogP contribution in [0.1, 0.15) is 38.2 Å². The molecule has 0 unspecified atom stereocenters. The predicted octanol–water partition coefficient (Wildman–Crippen LogP) is 3.38. The zero-order valence-electron chi connectivity index (χ0n) is 9.21. The lowest BCUT2D eigenvalue weighted by Crippen LogP contribution is -2.02. The summed E-state index contributed by atoms with van der Waals surface area (Å²) < 4.78 is 0. The zero-order valence-corrected chi connectivity index (χ0v) is 9.21. The van der Waals surface area contributed by atoms with Gasteiger partial charge in [0.1, 0.15) is 5.82 Å². The summed E-state index contributed by atoms with van der Waals surface area (Å²) in [6.45, 7) is 5.32. The highest BCUT2D eigenvalue weighted by Gasteiger charge is 1.92. The van der Waals surface area contributed by atoms with Gasteiger partial charge in [-0.3, -0.25) is 0 Å². The second-order valence-corrected chi connectivity index (χ2v) is 3.71. The maximum Gasteiger partial charge on any atom is 0.125 e. The number of hydrogen-bond donors (Lipinski definition) is 1. The summed E-state index contributed by atoms with van der Waals surface area (Å²) in [5.41, 5.74) is 1.21. The number of aryl methyl sites for hydroxylation is 1. The Morgan fingerprint density at radius 3 is 2.71 bits per heavy atom. The van der Waals surface area contributed by atoms with Gasteiger partial charge in [-0.15, -0.1) is 0 Å². The van der Waals surface area contributed by atoms with Crippen LogP contribution >= 0.6 is 0 Å². The summed E-state index contributed by atoms with van der Waals surface area (Å²) in [6, 6.07) is 4.12. The third-order valence-corrected chi connectivity index (χ3v) is 2.25. The third-order valence-electron chi connectivity index (χ3n) is 2.25. The van der Waals surface area contributed by atoms with Crippen LogP contribution in [0.4, 0.5) is 5.82 Å². The number of unbranched alkanes of at least 4 members (excludes halogenated alkanes) is 3. The Bertz CT molecular complexity index is 241. The van der Waals surface area contributed by atoms with E-state index in [1.54, 1.807) is 0 Å². The molecule has 78 valence electrons. The lowest BCUT2D eigenvalue weighted by atomic mass is 10.2. The van der Waals surface area contributed by atoms with Crippen LogP contribution in [0.2, 0.25) is 0 Å². The fraction of sp³-hybridized carbons (Fsp3) is 0.583. The maximum atomic E-state index is 4.28. The first kappa shape index (κ1) is 11.0. The van der Waals surface area contributed by atoms with Gasteiger partial charge in [-0.2, -0.15) is 0 Å². The van der Waals surface area contributed by atoms with E-state index >= 15 is 0 Å². The van der Waals surface area contributed by atoms with Crippen LogP contribution in [0, 0.1) is 6.92 Å². The molecular formula is C12H20N2. The zero-order chi connectivity index (χ0) is 10.2. The van der Waals surface area contributed by atoms with Crippen molar-refractivity contribution in [1.82, 2.24) is 4.98 Å². The Labute approximate surface area is 86.8 Å². The third kappa shape index (κ3) is 4.26. The molecule has 2 nitrogen and oxygen atoms in total. The van der Waals surface area contributed by atoms with E-state index in [0.29, 0.717) is 0 Å². The minimum atomic E-state index is 0.993. The fourth-order valence-corrected chi connectivity index (χ4v) is 1.34. The van der Waals surface area contributed by atoms with E-state index in [1.807, 2.05) is 12.3 Å². The van der Waals surface area contributed by atoms with E-state index in [-0.39, 0.29) is 0 Å². The Kier molecular flexibility index (Phi) is 5.05. The minimum Gasteiger partial charge on any atom is -0.370 e. The van der Waals surface area contributed by atoms with Gasteiger partial charge in [0.15, 0.2) is 0 Å². The molecule has 0 aliphatic heterocycles. The Balaban J connectivity index is 2.15. The van der Waals surface area contributed by atoms with E-state index < -0.39 is 0 Å². The lowest BCUT2D eigenvalue weighted by Gasteiger charge is -2.04. The average Bonchev–Trinajstić information content (AvgIpc) is 2.21. The number of hydrogen-bond acceptors (Lipinski definition) is 2. The van der Waals surface area contributed by atoms with Crippen LogP contribution in [-0.4, -0.2) is 11.5 Å². The number of nitrogens with zero attached hydrogens (tertiary/aromatic N) is 1. The monoisotopic (exact) mass is 192 g/mol. The number of nitrogens with one attached hydrogen (secondary N) is 1. The first-order valence-corrected chi connectivity index (χ1v) is 5.49. The Morgan fingerprint density at radius 1 is 1.21 bits per heavy atom. The molecule has 1 heterocycles. The SMILES string of the molecule is CCCCCCNc1ccc(C)cn1. The standard InChI is InChI=1S/C12H20N2/c1-3-4-5-6-9-13-12-8-7-11(2)10-14-12/h7-8,10H,3-6,9H2,1-2H3,(H,13,14). The molecule has 14 heavy (non-hydrogen) atoms. The minimum absolute atomic E-state index is 0.993. The van der Waals surface area contributed by atoms with E-state index in [1.165, 1.54) is 31.2 Å². The summed E-state index contributed by atoms with van der Waals surface area (Å²) in [6.07, 6.45) is 7.08. The van der Waals surface area contributed by atoms with Gasteiger partial charge in [0, 0.05) is 12.7 Å². The molecule has 0 bridgehead atoms. The second kappa shape index (κ2) is 6.41. The van der Waals surface area contributed by atoms with Crippen molar-refractivity contribution in [3.05, 3.63) is 23.9 Å². The molecule has 1 N–H and O–H groups in total. The summed E-state index contributed by atoms with van der Waals surface area (Å²) >= 11 is 0. The van der Waals surface area contributed by atoms with Crippen molar-refractivity contribution in [1.29, 1.82) is 0 Å². The number of rotatable bonds is 6. The molecule has 0 atom stereocenters. The van der Waals surface area contributed by atoms with Crippen molar-refractivity contribution in [3.8, 4) is 0 Å². The van der Waals surface area contributed by atoms with Gasteiger partial charge in [0.25, 0.3) is 0 Å². The molecule has 1 rings (SSSR count). The molecule has 0 aliphatic rings. The topological polar surface area (TPSA) is 24.9 Å². The summed E-state index contributed by atoms with van der Waals surface area (Å²) in [5.74, 6) is 0.993. The highest BCUT2D eigenvalue weighted by molar-refractivity contribution is 5.34. The van der Waals surface area contributed by atoms with Crippen molar-refractivity contribution in [3.63, 3.8) is 0 Å². The summed E-state index contributed by atoms with van der Waals surface area (Å²) in [4.78, 5) is 4.28. The van der Waals surface area contributed by atoms with E-state index in [2.05, 4.69) is 30.2 Å². The van der Waals surface area contributed by atoms with Gasteiger partial charge in [0.2, 0.25) is 0 Å². The van der Waals surface area contributed by atoms with Gasteiger partial charge >= 0.3 is 0 Å². The normalized spacial score (nSPS) is 10.1. The molecule has 0 saturated heterocycles. The van der Waals surface area contributed by atoms with Gasteiger partial charge < -0.3 is 5.32 Å². The largest absolute Gasteiger partial charge is 0.370 e. The highest BCUT2D eigenvalue weighted by atomic mass is 15.0. The van der Waals surface area contributed by atoms with E-state index in [9.17, 15) is 0 Å². The van der Waals surface area contributed by atoms with E-state index in [4.69, 9.17) is 0 Å². The predicted molar refractivity (Wildman–Crippen MR) is 61.6 cm³/mol. The lowest BCUT2D eigenvalue weighted by molar-refractivity contribution is 0.684. The second-order valence-electron chi connectivity index (χ2n) is 3.71. The first-order valence-electron chi connectivity index (χ1n) is 5.49. The Morgan fingerprint density at radius 2 is 2.07 bits per heavy atom. The molecular weight excluding hydrogens is 172 g/mol. The van der Waals surface area contributed by atoms with Crippen LogP contribution < -0.4 is 5.32 Å². The fourth-order valence-electron chi connectivity index (χ4n) is 1.34. The van der Waals surface area contributed by atoms with Crippen LogP contribution in [0.25, 0.3) is 0 Å². The van der Waals surface area contributed by atoms with Crippen molar-refractivity contribution in [2.75, 3.05) is 11.9 Å². The van der Waals surface area contributed by atoms with Crippen molar-refractivity contribution < 1.29 is 0 Å². The first-order chi connectivity index (χ1) is 6.83.